The molecule has 0 saturated carbocycles. The van der Waals surface area contributed by atoms with Crippen LogP contribution in [-0.4, -0.2) is 26.8 Å². The van der Waals surface area contributed by atoms with E-state index in [9.17, 15) is 0 Å². The minimum absolute atomic E-state index is 0.491. The normalized spacial score (nSPS) is 15.4. The topological polar surface area (TPSA) is 52.6 Å². The van der Waals surface area contributed by atoms with Crippen LogP contribution in [0.15, 0.2) is 12.1 Å². The molecule has 2 rings (SSSR count). The maximum absolute atomic E-state index is 8.00. The van der Waals surface area contributed by atoms with Gasteiger partial charge in [-0.05, 0) is 37.5 Å². The average molecular weight is 294 g/mol. The van der Waals surface area contributed by atoms with Crippen LogP contribution in [0.1, 0.15) is 42.0 Å². The second-order valence-electron chi connectivity index (χ2n) is 4.90. The zero-order valence-corrected chi connectivity index (χ0v) is 13.5. The second-order valence-corrected chi connectivity index (χ2v) is 4.90. The molecule has 1 heterocycles. The van der Waals surface area contributed by atoms with Crippen LogP contribution in [0.2, 0.25) is 0 Å². The van der Waals surface area contributed by atoms with Gasteiger partial charge in [-0.2, -0.15) is 0 Å². The molecule has 21 heavy (non-hydrogen) atoms. The lowest BCUT2D eigenvalue weighted by Gasteiger charge is -2.31. The molecule has 1 aromatic rings. The maximum atomic E-state index is 8.00. The standard InChI is InChI=1S/C15H22O2.2CH2O/c1-5-8-15(16-9-10-17-15)14-12(3)7-6-11(2)13(14)4;2*1-2/h6-7H,5,8-10H2,1-4H3;2*1H2. The molecule has 0 amide bonds. The highest BCUT2D eigenvalue weighted by Crippen LogP contribution is 2.40. The van der Waals surface area contributed by atoms with E-state index >= 15 is 0 Å². The van der Waals surface area contributed by atoms with Gasteiger partial charge >= 0.3 is 0 Å². The summed E-state index contributed by atoms with van der Waals surface area (Å²) in [6.07, 6.45) is 1.99. The molecule has 1 saturated heterocycles. The van der Waals surface area contributed by atoms with Crippen LogP contribution in [0.25, 0.3) is 0 Å². The molecule has 0 radical (unpaired) electrons. The highest BCUT2D eigenvalue weighted by Gasteiger charge is 2.40. The molecule has 0 spiro atoms. The number of carbonyl (C=O) groups excluding carboxylic acids is 2. The first kappa shape index (κ1) is 19.5. The van der Waals surface area contributed by atoms with Crippen molar-refractivity contribution < 1.29 is 19.1 Å². The van der Waals surface area contributed by atoms with Gasteiger partial charge in [0.1, 0.15) is 13.6 Å². The van der Waals surface area contributed by atoms with Crippen LogP contribution in [0, 0.1) is 20.8 Å². The summed E-state index contributed by atoms with van der Waals surface area (Å²) < 4.78 is 11.9. The third-order valence-electron chi connectivity index (χ3n) is 3.66. The van der Waals surface area contributed by atoms with Crippen LogP contribution in [-0.2, 0) is 24.8 Å². The molecule has 4 nitrogen and oxygen atoms in total. The number of hydrogen-bond acceptors (Lipinski definition) is 4. The summed E-state index contributed by atoms with van der Waals surface area (Å²) in [5, 5.41) is 0. The molecule has 0 aromatic heterocycles. The Balaban J connectivity index is 0.000000921. The van der Waals surface area contributed by atoms with Gasteiger partial charge in [0.05, 0.1) is 13.2 Å². The van der Waals surface area contributed by atoms with Crippen molar-refractivity contribution in [3.05, 3.63) is 34.4 Å². The third kappa shape index (κ3) is 4.22. The highest BCUT2D eigenvalue weighted by atomic mass is 16.7. The Morgan fingerprint density at radius 3 is 1.95 bits per heavy atom. The van der Waals surface area contributed by atoms with Crippen LogP contribution < -0.4 is 0 Å². The molecule has 0 unspecified atom stereocenters. The molecule has 1 aliphatic heterocycles. The fourth-order valence-electron chi connectivity index (χ4n) is 2.73. The summed E-state index contributed by atoms with van der Waals surface area (Å²) in [4.78, 5) is 16.0. The van der Waals surface area contributed by atoms with E-state index in [0.717, 1.165) is 12.8 Å². The Kier molecular flexibility index (Phi) is 8.74. The van der Waals surface area contributed by atoms with Crippen molar-refractivity contribution >= 4 is 13.6 Å². The van der Waals surface area contributed by atoms with Crippen LogP contribution >= 0.6 is 0 Å². The molecule has 0 N–H and O–H groups in total. The van der Waals surface area contributed by atoms with Crippen LogP contribution in [0.5, 0.6) is 0 Å². The Bertz CT molecular complexity index is 435. The summed E-state index contributed by atoms with van der Waals surface area (Å²) in [7, 11) is 0. The number of ether oxygens (including phenoxy) is 2. The Morgan fingerprint density at radius 2 is 1.48 bits per heavy atom. The lowest BCUT2D eigenvalue weighted by atomic mass is 9.89. The van der Waals surface area contributed by atoms with Gasteiger partial charge in [-0.1, -0.05) is 25.5 Å². The number of aryl methyl sites for hydroxylation is 2. The molecular weight excluding hydrogens is 268 g/mol. The van der Waals surface area contributed by atoms with Crippen molar-refractivity contribution in [1.29, 1.82) is 0 Å². The van der Waals surface area contributed by atoms with Gasteiger partial charge in [-0.15, -0.1) is 0 Å². The minimum Gasteiger partial charge on any atom is -0.343 e. The quantitative estimate of drug-likeness (QED) is 0.858. The molecule has 1 aliphatic rings. The van der Waals surface area contributed by atoms with Crippen molar-refractivity contribution in [2.24, 2.45) is 0 Å². The Labute approximate surface area is 127 Å². The van der Waals surface area contributed by atoms with Crippen molar-refractivity contribution in [3.63, 3.8) is 0 Å². The van der Waals surface area contributed by atoms with Gasteiger partial charge in [-0.25, -0.2) is 0 Å². The molecule has 1 aromatic carbocycles. The van der Waals surface area contributed by atoms with E-state index in [-0.39, 0.29) is 0 Å². The number of hydrogen-bond donors (Lipinski definition) is 0. The molecule has 0 aliphatic carbocycles. The first-order valence-electron chi connectivity index (χ1n) is 7.03. The van der Waals surface area contributed by atoms with Gasteiger partial charge in [-0.3, -0.25) is 0 Å². The number of carbonyl (C=O) groups is 2. The highest BCUT2D eigenvalue weighted by molar-refractivity contribution is 5.42. The zero-order chi connectivity index (χ0) is 16.5. The number of benzene rings is 1. The first-order chi connectivity index (χ1) is 10.1. The first-order valence-corrected chi connectivity index (χ1v) is 7.03. The van der Waals surface area contributed by atoms with E-state index in [1.165, 1.54) is 22.3 Å². The van der Waals surface area contributed by atoms with Crippen LogP contribution in [0.4, 0.5) is 0 Å². The van der Waals surface area contributed by atoms with Crippen molar-refractivity contribution in [2.45, 2.75) is 46.3 Å². The van der Waals surface area contributed by atoms with Crippen molar-refractivity contribution in [3.8, 4) is 0 Å². The third-order valence-corrected chi connectivity index (χ3v) is 3.66. The van der Waals surface area contributed by atoms with Gasteiger partial charge in [0.15, 0.2) is 5.79 Å². The summed E-state index contributed by atoms with van der Waals surface area (Å²) in [5.74, 6) is -0.491. The van der Waals surface area contributed by atoms with E-state index in [1.54, 1.807) is 0 Å². The average Bonchev–Trinajstić information content (AvgIpc) is 2.97. The molecular formula is C17H26O4. The van der Waals surface area contributed by atoms with E-state index in [1.807, 2.05) is 13.6 Å². The Morgan fingerprint density at radius 1 is 1.00 bits per heavy atom. The van der Waals surface area contributed by atoms with Crippen LogP contribution in [0.3, 0.4) is 0 Å². The van der Waals surface area contributed by atoms with E-state index in [4.69, 9.17) is 19.1 Å². The predicted molar refractivity (Wildman–Crippen MR) is 83.4 cm³/mol. The van der Waals surface area contributed by atoms with Crippen molar-refractivity contribution in [2.75, 3.05) is 13.2 Å². The lowest BCUT2D eigenvalue weighted by molar-refractivity contribution is -0.171. The monoisotopic (exact) mass is 294 g/mol. The SMILES string of the molecule is C=O.C=O.CCCC1(c2c(C)ccc(C)c2C)OCCO1. The van der Waals surface area contributed by atoms with Gasteiger partial charge in [0.25, 0.3) is 0 Å². The fraction of sp³-hybridized carbons (Fsp3) is 0.529. The van der Waals surface area contributed by atoms with Crippen molar-refractivity contribution in [1.82, 2.24) is 0 Å². The second kappa shape index (κ2) is 9.42. The zero-order valence-electron chi connectivity index (χ0n) is 13.5. The van der Waals surface area contributed by atoms with E-state index in [0.29, 0.717) is 13.2 Å². The van der Waals surface area contributed by atoms with Gasteiger partial charge in [0.2, 0.25) is 0 Å². The molecule has 0 bridgehead atoms. The minimum atomic E-state index is -0.491. The van der Waals surface area contributed by atoms with Gasteiger partial charge in [0, 0.05) is 12.0 Å². The Hall–Kier alpha value is -1.52. The predicted octanol–water partition coefficient (Wildman–Crippen LogP) is 3.24. The van der Waals surface area contributed by atoms with Gasteiger partial charge < -0.3 is 19.1 Å². The maximum Gasteiger partial charge on any atom is 0.195 e. The molecule has 118 valence electrons. The van der Waals surface area contributed by atoms with E-state index < -0.39 is 5.79 Å². The molecule has 4 heteroatoms. The lowest BCUT2D eigenvalue weighted by Crippen LogP contribution is -2.29. The summed E-state index contributed by atoms with van der Waals surface area (Å²) in [6, 6.07) is 4.34. The van der Waals surface area contributed by atoms with E-state index in [2.05, 4.69) is 39.8 Å². The molecule has 1 fully saturated rings. The molecule has 0 atom stereocenters. The summed E-state index contributed by atoms with van der Waals surface area (Å²) >= 11 is 0. The smallest absolute Gasteiger partial charge is 0.195 e. The largest absolute Gasteiger partial charge is 0.343 e. The number of rotatable bonds is 3. The summed E-state index contributed by atoms with van der Waals surface area (Å²) in [6.45, 7) is 14.0. The fourth-order valence-corrected chi connectivity index (χ4v) is 2.73. The summed E-state index contributed by atoms with van der Waals surface area (Å²) in [5.41, 5.74) is 5.13.